The molecule has 0 radical (unpaired) electrons. The molecule has 4 heteroatoms. The van der Waals surface area contributed by atoms with Gasteiger partial charge in [0, 0.05) is 5.56 Å². The molecular weight excluding hydrogens is 272 g/mol. The molecule has 2 rings (SSSR count). The maximum atomic E-state index is 13.9. The molecule has 0 saturated heterocycles. The van der Waals surface area contributed by atoms with E-state index in [2.05, 4.69) is 5.32 Å². The Morgan fingerprint density at radius 1 is 1.00 bits per heavy atom. The van der Waals surface area contributed by atoms with Crippen molar-refractivity contribution in [3.8, 4) is 5.75 Å². The molecule has 0 amide bonds. The van der Waals surface area contributed by atoms with Crippen LogP contribution in [-0.2, 0) is 0 Å². The molecule has 0 spiro atoms. The number of rotatable bonds is 5. The number of ether oxygens (including phenoxy) is 1. The van der Waals surface area contributed by atoms with Crippen LogP contribution in [0.3, 0.4) is 0 Å². The van der Waals surface area contributed by atoms with Crippen molar-refractivity contribution in [2.24, 2.45) is 0 Å². The predicted molar refractivity (Wildman–Crippen MR) is 79.5 cm³/mol. The minimum absolute atomic E-state index is 0.0941. The zero-order chi connectivity index (χ0) is 15.4. The predicted octanol–water partition coefficient (Wildman–Crippen LogP) is 4.06. The highest BCUT2D eigenvalue weighted by Crippen LogP contribution is 2.26. The molecule has 112 valence electrons. The Morgan fingerprint density at radius 3 is 2.24 bits per heavy atom. The number of nitrogens with one attached hydrogen (secondary N) is 1. The summed E-state index contributed by atoms with van der Waals surface area (Å²) in [5.41, 5.74) is 1.13. The van der Waals surface area contributed by atoms with E-state index >= 15 is 0 Å². The van der Waals surface area contributed by atoms with E-state index in [-0.39, 0.29) is 11.7 Å². The molecule has 0 fully saturated rings. The van der Waals surface area contributed by atoms with Gasteiger partial charge in [0.15, 0.2) is 0 Å². The van der Waals surface area contributed by atoms with E-state index in [9.17, 15) is 8.78 Å². The van der Waals surface area contributed by atoms with Gasteiger partial charge in [-0.05, 0) is 56.8 Å². The first-order valence-electron chi connectivity index (χ1n) is 6.90. The van der Waals surface area contributed by atoms with Crippen molar-refractivity contribution >= 4 is 0 Å². The molecule has 0 aliphatic heterocycles. The lowest BCUT2D eigenvalue weighted by Crippen LogP contribution is -2.19. The molecule has 0 bridgehead atoms. The second kappa shape index (κ2) is 6.68. The Morgan fingerprint density at radius 2 is 1.67 bits per heavy atom. The van der Waals surface area contributed by atoms with E-state index in [4.69, 9.17) is 4.74 Å². The van der Waals surface area contributed by atoms with Crippen LogP contribution in [0.25, 0.3) is 0 Å². The Balaban J connectivity index is 2.31. The summed E-state index contributed by atoms with van der Waals surface area (Å²) >= 11 is 0. The third-order valence-corrected chi connectivity index (χ3v) is 3.14. The molecule has 0 heterocycles. The molecule has 0 saturated carbocycles. The molecule has 0 aliphatic rings. The summed E-state index contributed by atoms with van der Waals surface area (Å²) in [4.78, 5) is 0. The first-order chi connectivity index (χ1) is 10.0. The van der Waals surface area contributed by atoms with E-state index < -0.39 is 17.7 Å². The summed E-state index contributed by atoms with van der Waals surface area (Å²) in [7, 11) is 1.72. The SMILES string of the molecule is CNC(c1ccc(OC(C)C)cc1)c1cc(F)ccc1F. The molecule has 0 aromatic heterocycles. The van der Waals surface area contributed by atoms with Gasteiger partial charge in [-0.3, -0.25) is 0 Å². The molecule has 2 nitrogen and oxygen atoms in total. The maximum Gasteiger partial charge on any atom is 0.128 e. The average Bonchev–Trinajstić information content (AvgIpc) is 2.44. The molecular formula is C17H19F2NO. The average molecular weight is 291 g/mol. The van der Waals surface area contributed by atoms with Crippen LogP contribution in [-0.4, -0.2) is 13.2 Å². The lowest BCUT2D eigenvalue weighted by molar-refractivity contribution is 0.242. The van der Waals surface area contributed by atoms with Crippen LogP contribution in [0.1, 0.15) is 31.0 Å². The molecule has 21 heavy (non-hydrogen) atoms. The Bertz CT molecular complexity index is 596. The largest absolute Gasteiger partial charge is 0.491 e. The van der Waals surface area contributed by atoms with E-state index in [1.54, 1.807) is 7.05 Å². The number of benzene rings is 2. The topological polar surface area (TPSA) is 21.3 Å². The highest BCUT2D eigenvalue weighted by Gasteiger charge is 2.17. The number of hydrogen-bond donors (Lipinski definition) is 1. The third kappa shape index (κ3) is 3.79. The highest BCUT2D eigenvalue weighted by molar-refractivity contribution is 5.36. The molecule has 2 aromatic carbocycles. The van der Waals surface area contributed by atoms with Crippen LogP contribution in [0.2, 0.25) is 0 Å². The summed E-state index contributed by atoms with van der Waals surface area (Å²) in [6.07, 6.45) is 0.0941. The third-order valence-electron chi connectivity index (χ3n) is 3.14. The second-order valence-electron chi connectivity index (χ2n) is 5.12. The summed E-state index contributed by atoms with van der Waals surface area (Å²) in [6, 6.07) is 10.4. The fourth-order valence-electron chi connectivity index (χ4n) is 2.25. The minimum Gasteiger partial charge on any atom is -0.491 e. The second-order valence-corrected chi connectivity index (χ2v) is 5.12. The zero-order valence-corrected chi connectivity index (χ0v) is 12.4. The molecule has 1 unspecified atom stereocenters. The van der Waals surface area contributed by atoms with Crippen LogP contribution < -0.4 is 10.1 Å². The van der Waals surface area contributed by atoms with E-state index in [1.807, 2.05) is 38.1 Å². The molecule has 2 aromatic rings. The van der Waals surface area contributed by atoms with Crippen molar-refractivity contribution in [1.29, 1.82) is 0 Å². The minimum atomic E-state index is -0.452. The summed E-state index contributed by atoms with van der Waals surface area (Å²) in [5.74, 6) is -0.131. The Hall–Kier alpha value is -1.94. The van der Waals surface area contributed by atoms with Crippen LogP contribution in [0.4, 0.5) is 8.78 Å². The monoisotopic (exact) mass is 291 g/mol. The molecule has 1 atom stereocenters. The number of halogens is 2. The van der Waals surface area contributed by atoms with Crippen LogP contribution in [0.15, 0.2) is 42.5 Å². The highest BCUT2D eigenvalue weighted by atomic mass is 19.1. The maximum absolute atomic E-state index is 13.9. The van der Waals surface area contributed by atoms with Gasteiger partial charge in [0.05, 0.1) is 12.1 Å². The van der Waals surface area contributed by atoms with Gasteiger partial charge in [-0.15, -0.1) is 0 Å². The van der Waals surface area contributed by atoms with E-state index in [0.29, 0.717) is 0 Å². The Labute approximate surface area is 123 Å². The van der Waals surface area contributed by atoms with Crippen molar-refractivity contribution in [1.82, 2.24) is 5.32 Å². The lowest BCUT2D eigenvalue weighted by atomic mass is 9.98. The zero-order valence-electron chi connectivity index (χ0n) is 12.4. The molecule has 0 aliphatic carbocycles. The summed E-state index contributed by atoms with van der Waals surface area (Å²) in [6.45, 7) is 3.90. The normalized spacial score (nSPS) is 12.5. The van der Waals surface area contributed by atoms with Gasteiger partial charge in [0.25, 0.3) is 0 Å². The lowest BCUT2D eigenvalue weighted by Gasteiger charge is -2.19. The van der Waals surface area contributed by atoms with Crippen LogP contribution in [0.5, 0.6) is 5.75 Å². The fourth-order valence-corrected chi connectivity index (χ4v) is 2.25. The van der Waals surface area contributed by atoms with Crippen molar-refractivity contribution in [3.05, 3.63) is 65.2 Å². The van der Waals surface area contributed by atoms with Crippen molar-refractivity contribution < 1.29 is 13.5 Å². The van der Waals surface area contributed by atoms with Gasteiger partial charge >= 0.3 is 0 Å². The van der Waals surface area contributed by atoms with Gasteiger partial charge in [0.2, 0.25) is 0 Å². The van der Waals surface area contributed by atoms with Gasteiger partial charge in [-0.2, -0.15) is 0 Å². The number of hydrogen-bond acceptors (Lipinski definition) is 2. The summed E-state index contributed by atoms with van der Waals surface area (Å²) in [5, 5.41) is 3.02. The van der Waals surface area contributed by atoms with Gasteiger partial charge in [-0.25, -0.2) is 8.78 Å². The van der Waals surface area contributed by atoms with E-state index in [1.165, 1.54) is 6.07 Å². The van der Waals surface area contributed by atoms with E-state index in [0.717, 1.165) is 23.4 Å². The molecule has 1 N–H and O–H groups in total. The van der Waals surface area contributed by atoms with Crippen molar-refractivity contribution in [2.45, 2.75) is 26.0 Å². The Kier molecular flexibility index (Phi) is 4.91. The van der Waals surface area contributed by atoms with Crippen molar-refractivity contribution in [3.63, 3.8) is 0 Å². The van der Waals surface area contributed by atoms with Crippen LogP contribution in [0, 0.1) is 11.6 Å². The van der Waals surface area contributed by atoms with Crippen molar-refractivity contribution in [2.75, 3.05) is 7.05 Å². The standard InChI is InChI=1S/C17H19F2NO/c1-11(2)21-14-7-4-12(5-8-14)17(20-3)15-10-13(18)6-9-16(15)19/h4-11,17,20H,1-3H3. The smallest absolute Gasteiger partial charge is 0.128 e. The van der Waals surface area contributed by atoms with Crippen LogP contribution >= 0.6 is 0 Å². The first-order valence-corrected chi connectivity index (χ1v) is 6.90. The summed E-state index contributed by atoms with van der Waals surface area (Å²) < 4.78 is 32.8. The van der Waals surface area contributed by atoms with Gasteiger partial charge in [-0.1, -0.05) is 12.1 Å². The first kappa shape index (κ1) is 15.4. The fraction of sp³-hybridized carbons (Fsp3) is 0.294. The quantitative estimate of drug-likeness (QED) is 0.897. The van der Waals surface area contributed by atoms with Gasteiger partial charge in [0.1, 0.15) is 17.4 Å². The van der Waals surface area contributed by atoms with Gasteiger partial charge < -0.3 is 10.1 Å².